The molecule has 1 aromatic rings. The lowest BCUT2D eigenvalue weighted by Crippen LogP contribution is -2.40. The maximum atomic E-state index is 11.1. The molecular weight excluding hydrogens is 489 g/mol. The normalized spacial score (nSPS) is 12.4. The van der Waals surface area contributed by atoms with Crippen LogP contribution in [0, 0.1) is 0 Å². The molecule has 8 heteroatoms. The molecule has 0 radical (unpaired) electrons. The number of sulfone groups is 1. The van der Waals surface area contributed by atoms with E-state index in [-0.39, 0.29) is 41.8 Å². The molecule has 0 saturated heterocycles. The molecule has 2 N–H and O–H groups in total. The number of hydrogen-bond donors (Lipinski definition) is 2. The summed E-state index contributed by atoms with van der Waals surface area (Å²) in [5, 5.41) is 6.45. The Morgan fingerprint density at radius 2 is 1.75 bits per heavy atom. The quantitative estimate of drug-likeness (QED) is 0.201. The summed E-state index contributed by atoms with van der Waals surface area (Å²) in [6.07, 6.45) is 2.25. The second-order valence-electron chi connectivity index (χ2n) is 7.30. The largest absolute Gasteiger partial charge is 0.379 e. The van der Waals surface area contributed by atoms with E-state index < -0.39 is 9.84 Å². The Kier molecular flexibility index (Phi) is 13.0. The molecule has 6 nitrogen and oxygen atoms in total. The van der Waals surface area contributed by atoms with Gasteiger partial charge in [-0.25, -0.2) is 8.42 Å². The van der Waals surface area contributed by atoms with Crippen molar-refractivity contribution in [3.8, 4) is 0 Å². The third-order valence-electron chi connectivity index (χ3n) is 4.26. The van der Waals surface area contributed by atoms with Crippen molar-refractivity contribution < 1.29 is 13.2 Å². The molecule has 0 atom stereocenters. The fourth-order valence-electron chi connectivity index (χ4n) is 2.46. The molecule has 0 saturated carbocycles. The Morgan fingerprint density at radius 1 is 1.11 bits per heavy atom. The van der Waals surface area contributed by atoms with Gasteiger partial charge in [0.05, 0.1) is 25.5 Å². The van der Waals surface area contributed by atoms with Crippen molar-refractivity contribution in [2.24, 2.45) is 4.99 Å². The first kappa shape index (κ1) is 27.1. The van der Waals surface area contributed by atoms with Crippen LogP contribution in [0.4, 0.5) is 0 Å². The topological polar surface area (TPSA) is 79.8 Å². The third-order valence-corrected chi connectivity index (χ3v) is 5.17. The minimum atomic E-state index is -2.97. The molecular formula is C20H36IN3O3S. The van der Waals surface area contributed by atoms with Gasteiger partial charge in [-0.3, -0.25) is 4.99 Å². The molecule has 0 aliphatic rings. The van der Waals surface area contributed by atoms with Crippen LogP contribution in [0.5, 0.6) is 0 Å². The first-order valence-corrected chi connectivity index (χ1v) is 11.6. The number of benzene rings is 1. The van der Waals surface area contributed by atoms with Crippen molar-refractivity contribution in [2.45, 2.75) is 39.5 Å². The highest BCUT2D eigenvalue weighted by Gasteiger charge is 2.20. The van der Waals surface area contributed by atoms with Gasteiger partial charge in [0.1, 0.15) is 9.84 Å². The van der Waals surface area contributed by atoms with Crippen LogP contribution in [0.2, 0.25) is 0 Å². The van der Waals surface area contributed by atoms with Gasteiger partial charge in [0, 0.05) is 24.8 Å². The highest BCUT2D eigenvalue weighted by Crippen LogP contribution is 2.24. The third kappa shape index (κ3) is 11.2. The molecule has 0 aliphatic carbocycles. The first-order chi connectivity index (χ1) is 12.7. The highest BCUT2D eigenvalue weighted by molar-refractivity contribution is 14.0. The van der Waals surface area contributed by atoms with Gasteiger partial charge in [0.2, 0.25) is 0 Å². The van der Waals surface area contributed by atoms with Crippen LogP contribution in [0.1, 0.15) is 38.8 Å². The standard InChI is InChI=1S/C20H35N3O3S.HI/c1-6-17-8-10-18(11-9-17)20(3,4)16-23-19(21-7-2)22-12-13-26-14-15-27(5,24)25;/h8-11H,6-7,12-16H2,1-5H3,(H2,21,22,23);1H. The fraction of sp³-hybridized carbons (Fsp3) is 0.650. The Bertz CT molecular complexity index is 689. The molecule has 0 aromatic heterocycles. The summed E-state index contributed by atoms with van der Waals surface area (Å²) < 4.78 is 27.5. The highest BCUT2D eigenvalue weighted by atomic mass is 127. The van der Waals surface area contributed by atoms with E-state index >= 15 is 0 Å². The van der Waals surface area contributed by atoms with E-state index in [4.69, 9.17) is 9.73 Å². The van der Waals surface area contributed by atoms with Gasteiger partial charge in [0.25, 0.3) is 0 Å². The fourth-order valence-corrected chi connectivity index (χ4v) is 2.88. The van der Waals surface area contributed by atoms with Crippen molar-refractivity contribution in [1.82, 2.24) is 10.6 Å². The van der Waals surface area contributed by atoms with Gasteiger partial charge in [-0.15, -0.1) is 24.0 Å². The lowest BCUT2D eigenvalue weighted by Gasteiger charge is -2.24. The first-order valence-electron chi connectivity index (χ1n) is 9.55. The monoisotopic (exact) mass is 525 g/mol. The van der Waals surface area contributed by atoms with Crippen molar-refractivity contribution in [1.29, 1.82) is 0 Å². The second-order valence-corrected chi connectivity index (χ2v) is 9.56. The van der Waals surface area contributed by atoms with E-state index in [0.717, 1.165) is 18.9 Å². The van der Waals surface area contributed by atoms with Crippen molar-refractivity contribution in [3.05, 3.63) is 35.4 Å². The summed E-state index contributed by atoms with van der Waals surface area (Å²) in [5.74, 6) is 0.786. The summed E-state index contributed by atoms with van der Waals surface area (Å²) in [7, 11) is -2.97. The molecule has 0 amide bonds. The average molecular weight is 525 g/mol. The van der Waals surface area contributed by atoms with Crippen molar-refractivity contribution >= 4 is 39.8 Å². The predicted molar refractivity (Wildman–Crippen MR) is 129 cm³/mol. The minimum Gasteiger partial charge on any atom is -0.379 e. The van der Waals surface area contributed by atoms with Gasteiger partial charge in [0.15, 0.2) is 5.96 Å². The number of ether oxygens (including phenoxy) is 1. The van der Waals surface area contributed by atoms with E-state index in [1.54, 1.807) is 0 Å². The number of guanidine groups is 1. The number of halogens is 1. The number of rotatable bonds is 11. The van der Waals surface area contributed by atoms with E-state index in [2.05, 4.69) is 55.7 Å². The Balaban J connectivity index is 0.00000729. The van der Waals surface area contributed by atoms with Crippen LogP contribution >= 0.6 is 24.0 Å². The molecule has 0 spiro atoms. The molecule has 0 unspecified atom stereocenters. The van der Waals surface area contributed by atoms with E-state index in [1.165, 1.54) is 17.4 Å². The molecule has 0 heterocycles. The van der Waals surface area contributed by atoms with Crippen LogP contribution in [0.25, 0.3) is 0 Å². The van der Waals surface area contributed by atoms with Crippen molar-refractivity contribution in [3.63, 3.8) is 0 Å². The lowest BCUT2D eigenvalue weighted by atomic mass is 9.84. The molecule has 0 aliphatic heterocycles. The summed E-state index contributed by atoms with van der Waals surface area (Å²) in [4.78, 5) is 4.70. The second kappa shape index (κ2) is 13.4. The number of nitrogens with one attached hydrogen (secondary N) is 2. The molecule has 1 aromatic carbocycles. The summed E-state index contributed by atoms with van der Waals surface area (Å²) >= 11 is 0. The number of hydrogen-bond acceptors (Lipinski definition) is 4. The van der Waals surface area contributed by atoms with Gasteiger partial charge in [-0.05, 0) is 24.5 Å². The molecule has 0 fully saturated rings. The summed E-state index contributed by atoms with van der Waals surface area (Å²) in [6.45, 7) is 11.2. The number of aliphatic imine (C=N–C) groups is 1. The van der Waals surface area contributed by atoms with E-state index in [1.807, 2.05) is 6.92 Å². The van der Waals surface area contributed by atoms with Crippen LogP contribution in [0.3, 0.4) is 0 Å². The van der Waals surface area contributed by atoms with Gasteiger partial charge in [-0.1, -0.05) is 45.0 Å². The Hall–Kier alpha value is -0.870. The zero-order valence-corrected chi connectivity index (χ0v) is 20.9. The Labute approximate surface area is 187 Å². The summed E-state index contributed by atoms with van der Waals surface area (Å²) in [5.41, 5.74) is 2.54. The molecule has 1 rings (SSSR count). The van der Waals surface area contributed by atoms with Crippen molar-refractivity contribution in [2.75, 3.05) is 44.9 Å². The maximum Gasteiger partial charge on any atom is 0.191 e. The van der Waals surface area contributed by atoms with Crippen LogP contribution in [-0.2, 0) is 26.4 Å². The van der Waals surface area contributed by atoms with Gasteiger partial charge >= 0.3 is 0 Å². The van der Waals surface area contributed by atoms with E-state index in [0.29, 0.717) is 19.7 Å². The Morgan fingerprint density at radius 3 is 2.29 bits per heavy atom. The molecule has 0 bridgehead atoms. The number of nitrogens with zero attached hydrogens (tertiary/aromatic N) is 1. The molecule has 162 valence electrons. The van der Waals surface area contributed by atoms with Gasteiger partial charge in [-0.2, -0.15) is 0 Å². The zero-order valence-electron chi connectivity index (χ0n) is 17.7. The smallest absolute Gasteiger partial charge is 0.191 e. The van der Waals surface area contributed by atoms with Crippen LogP contribution in [0.15, 0.2) is 29.3 Å². The predicted octanol–water partition coefficient (Wildman–Crippen LogP) is 2.76. The minimum absolute atomic E-state index is 0. The number of aryl methyl sites for hydroxylation is 1. The van der Waals surface area contributed by atoms with Crippen LogP contribution in [-0.4, -0.2) is 59.2 Å². The zero-order chi connectivity index (χ0) is 20.3. The maximum absolute atomic E-state index is 11.1. The SMILES string of the molecule is CCNC(=NCC(C)(C)c1ccc(CC)cc1)NCCOCCS(C)(=O)=O.I. The molecule has 28 heavy (non-hydrogen) atoms. The average Bonchev–Trinajstić information content (AvgIpc) is 2.61. The van der Waals surface area contributed by atoms with Gasteiger partial charge < -0.3 is 15.4 Å². The lowest BCUT2D eigenvalue weighted by molar-refractivity contribution is 0.154. The van der Waals surface area contributed by atoms with Crippen LogP contribution < -0.4 is 10.6 Å². The van der Waals surface area contributed by atoms with E-state index in [9.17, 15) is 8.42 Å². The summed E-state index contributed by atoms with van der Waals surface area (Å²) in [6, 6.07) is 8.73.